The molecule has 0 aromatic carbocycles. The highest BCUT2D eigenvalue weighted by Gasteiger charge is 2.01. The third kappa shape index (κ3) is 15.6. The van der Waals surface area contributed by atoms with E-state index in [1.54, 1.807) is 0 Å². The van der Waals surface area contributed by atoms with Crippen molar-refractivity contribution in [2.24, 2.45) is 5.16 Å². The summed E-state index contributed by atoms with van der Waals surface area (Å²) in [5, 5.41) is 21.2. The molecular weight excluding hydrogens is 262 g/mol. The summed E-state index contributed by atoms with van der Waals surface area (Å²) in [6.07, 6.45) is 17.9. The number of nitrogens with zero attached hydrogens (tertiary/aromatic N) is 1. The van der Waals surface area contributed by atoms with Crippen LogP contribution in [0, 0.1) is 0 Å². The lowest BCUT2D eigenvalue weighted by atomic mass is 10.0. The topological polar surface area (TPSA) is 52.8 Å². The van der Waals surface area contributed by atoms with Gasteiger partial charge in [-0.25, -0.2) is 0 Å². The summed E-state index contributed by atoms with van der Waals surface area (Å²) >= 11 is 0. The summed E-state index contributed by atoms with van der Waals surface area (Å²) in [5.41, 5.74) is 0.985. The Hall–Kier alpha value is -0.570. The van der Waals surface area contributed by atoms with Crippen molar-refractivity contribution in [1.29, 1.82) is 0 Å². The molecule has 2 N–H and O–H groups in total. The van der Waals surface area contributed by atoms with Crippen molar-refractivity contribution in [3.63, 3.8) is 0 Å². The van der Waals surface area contributed by atoms with Crippen LogP contribution in [-0.4, -0.2) is 22.6 Å². The Morgan fingerprint density at radius 3 is 1.52 bits per heavy atom. The fourth-order valence-corrected chi connectivity index (χ4v) is 2.66. The molecule has 0 radical (unpaired) electrons. The molecule has 0 fully saturated rings. The molecule has 0 aromatic rings. The zero-order valence-corrected chi connectivity index (χ0v) is 14.2. The Bertz CT molecular complexity index is 209. The average molecular weight is 299 g/mol. The van der Waals surface area contributed by atoms with Crippen molar-refractivity contribution >= 4 is 5.71 Å². The third-order valence-corrected chi connectivity index (χ3v) is 4.08. The molecule has 126 valence electrons. The average Bonchev–Trinajstić information content (AvgIpc) is 2.51. The van der Waals surface area contributed by atoms with Gasteiger partial charge in [0.25, 0.3) is 0 Å². The smallest absolute Gasteiger partial charge is 0.0570 e. The van der Waals surface area contributed by atoms with Gasteiger partial charge in [-0.15, -0.1) is 0 Å². The molecule has 0 saturated heterocycles. The Kier molecular flexibility index (Phi) is 17.0. The Morgan fingerprint density at radius 2 is 1.10 bits per heavy atom. The molecule has 0 aromatic heterocycles. The molecule has 21 heavy (non-hydrogen) atoms. The molecule has 0 atom stereocenters. The van der Waals surface area contributed by atoms with E-state index in [9.17, 15) is 0 Å². The zero-order valence-electron chi connectivity index (χ0n) is 14.2. The molecule has 0 aliphatic carbocycles. The summed E-state index contributed by atoms with van der Waals surface area (Å²) in [7, 11) is 0. The minimum atomic E-state index is 0.319. The van der Waals surface area contributed by atoms with Crippen LogP contribution in [0.5, 0.6) is 0 Å². The van der Waals surface area contributed by atoms with Crippen molar-refractivity contribution in [1.82, 2.24) is 0 Å². The first-order valence-corrected chi connectivity index (χ1v) is 9.15. The molecule has 3 nitrogen and oxygen atoms in total. The van der Waals surface area contributed by atoms with Crippen LogP contribution in [0.25, 0.3) is 0 Å². The van der Waals surface area contributed by atoms with Gasteiger partial charge in [0.05, 0.1) is 5.71 Å². The van der Waals surface area contributed by atoms with Crippen LogP contribution in [0.3, 0.4) is 0 Å². The van der Waals surface area contributed by atoms with Crippen molar-refractivity contribution in [2.45, 2.75) is 103 Å². The highest BCUT2D eigenvalue weighted by Crippen LogP contribution is 2.12. The standard InChI is InChI=1S/C18H37NO2/c1-2-3-4-5-6-9-12-15-18(19-21)16-13-10-7-8-11-14-17-20/h20-21H,2-17H2,1H3/b19-18-. The van der Waals surface area contributed by atoms with Crippen LogP contribution in [0.4, 0.5) is 0 Å². The number of hydrogen-bond donors (Lipinski definition) is 2. The second-order valence-electron chi connectivity index (χ2n) is 6.13. The van der Waals surface area contributed by atoms with E-state index in [-0.39, 0.29) is 0 Å². The molecule has 3 heteroatoms. The summed E-state index contributed by atoms with van der Waals surface area (Å²) in [6.45, 7) is 2.57. The van der Waals surface area contributed by atoms with Crippen molar-refractivity contribution in [3.05, 3.63) is 0 Å². The van der Waals surface area contributed by atoms with Crippen LogP contribution in [0.1, 0.15) is 103 Å². The number of hydrogen-bond acceptors (Lipinski definition) is 3. The van der Waals surface area contributed by atoms with Crippen LogP contribution in [0.15, 0.2) is 5.16 Å². The van der Waals surface area contributed by atoms with Crippen LogP contribution >= 0.6 is 0 Å². The monoisotopic (exact) mass is 299 g/mol. The molecule has 0 spiro atoms. The second-order valence-corrected chi connectivity index (χ2v) is 6.13. The highest BCUT2D eigenvalue weighted by molar-refractivity contribution is 5.83. The Balaban J connectivity index is 3.34. The molecule has 0 bridgehead atoms. The van der Waals surface area contributed by atoms with Crippen molar-refractivity contribution in [2.75, 3.05) is 6.61 Å². The molecule has 0 rings (SSSR count). The number of rotatable bonds is 16. The minimum Gasteiger partial charge on any atom is -0.411 e. The van der Waals surface area contributed by atoms with E-state index in [4.69, 9.17) is 10.3 Å². The summed E-state index contributed by atoms with van der Waals surface area (Å²) in [5.74, 6) is 0. The first-order chi connectivity index (χ1) is 10.3. The highest BCUT2D eigenvalue weighted by atomic mass is 16.4. The maximum absolute atomic E-state index is 9.03. The molecule has 0 aliphatic heterocycles. The first kappa shape index (κ1) is 20.4. The maximum Gasteiger partial charge on any atom is 0.0570 e. The number of aliphatic hydroxyl groups excluding tert-OH is 1. The van der Waals surface area contributed by atoms with Gasteiger partial charge in [-0.3, -0.25) is 0 Å². The lowest BCUT2D eigenvalue weighted by Crippen LogP contribution is -1.99. The van der Waals surface area contributed by atoms with Crippen LogP contribution in [-0.2, 0) is 0 Å². The van der Waals surface area contributed by atoms with Gasteiger partial charge in [0.2, 0.25) is 0 Å². The quantitative estimate of drug-likeness (QED) is 0.167. The fourth-order valence-electron chi connectivity index (χ4n) is 2.66. The van der Waals surface area contributed by atoms with Gasteiger partial charge in [-0.2, -0.15) is 0 Å². The van der Waals surface area contributed by atoms with Crippen LogP contribution < -0.4 is 0 Å². The molecule has 0 amide bonds. The minimum absolute atomic E-state index is 0.319. The SMILES string of the molecule is CCCCCCCCC/C(CCCCCCCCO)=N/O. The van der Waals surface area contributed by atoms with Gasteiger partial charge < -0.3 is 10.3 Å². The predicted octanol–water partition coefficient (Wildman–Crippen LogP) is 5.68. The van der Waals surface area contributed by atoms with E-state index in [1.165, 1.54) is 64.2 Å². The molecule has 0 unspecified atom stereocenters. The van der Waals surface area contributed by atoms with E-state index in [0.29, 0.717) is 6.61 Å². The fraction of sp³-hybridized carbons (Fsp3) is 0.944. The lowest BCUT2D eigenvalue weighted by molar-refractivity contribution is 0.282. The number of oxime groups is 1. The van der Waals surface area contributed by atoms with Gasteiger partial charge >= 0.3 is 0 Å². The maximum atomic E-state index is 9.03. The first-order valence-electron chi connectivity index (χ1n) is 9.15. The van der Waals surface area contributed by atoms with Crippen molar-refractivity contribution in [3.8, 4) is 0 Å². The molecule has 0 aliphatic rings. The number of unbranched alkanes of at least 4 members (excludes halogenated alkanes) is 11. The molecule has 0 saturated carbocycles. The van der Waals surface area contributed by atoms with E-state index >= 15 is 0 Å². The predicted molar refractivity (Wildman–Crippen MR) is 91.2 cm³/mol. The summed E-state index contributed by atoms with van der Waals surface area (Å²) in [4.78, 5) is 0. The normalized spacial score (nSPS) is 12.0. The van der Waals surface area contributed by atoms with Crippen molar-refractivity contribution < 1.29 is 10.3 Å². The van der Waals surface area contributed by atoms with E-state index in [0.717, 1.165) is 37.8 Å². The summed E-state index contributed by atoms with van der Waals surface area (Å²) in [6, 6.07) is 0. The Morgan fingerprint density at radius 1 is 0.667 bits per heavy atom. The summed E-state index contributed by atoms with van der Waals surface area (Å²) < 4.78 is 0. The van der Waals surface area contributed by atoms with Gasteiger partial charge in [-0.05, 0) is 32.1 Å². The van der Waals surface area contributed by atoms with Gasteiger partial charge in [0, 0.05) is 6.61 Å². The largest absolute Gasteiger partial charge is 0.411 e. The molecule has 0 heterocycles. The van der Waals surface area contributed by atoms with Gasteiger partial charge in [0.1, 0.15) is 0 Å². The third-order valence-electron chi connectivity index (χ3n) is 4.08. The zero-order chi connectivity index (χ0) is 15.6. The van der Waals surface area contributed by atoms with Gasteiger partial charge in [0.15, 0.2) is 0 Å². The van der Waals surface area contributed by atoms with E-state index < -0.39 is 0 Å². The van der Waals surface area contributed by atoms with Gasteiger partial charge in [-0.1, -0.05) is 76.3 Å². The molecular formula is C18H37NO2. The number of aliphatic hydroxyl groups is 1. The van der Waals surface area contributed by atoms with Crippen LogP contribution in [0.2, 0.25) is 0 Å². The lowest BCUT2D eigenvalue weighted by Gasteiger charge is -2.05. The van der Waals surface area contributed by atoms with E-state index in [1.807, 2.05) is 0 Å². The van der Waals surface area contributed by atoms with E-state index in [2.05, 4.69) is 12.1 Å². The Labute approximate surface area is 131 Å². The second kappa shape index (κ2) is 17.5.